The minimum Gasteiger partial charge on any atom is -0.0561 e. The van der Waals surface area contributed by atoms with Gasteiger partial charge in [-0.15, -0.1) is 0 Å². The zero-order chi connectivity index (χ0) is 27.6. The van der Waals surface area contributed by atoms with Gasteiger partial charge < -0.3 is 0 Å². The van der Waals surface area contributed by atoms with E-state index < -0.39 is 0 Å². The van der Waals surface area contributed by atoms with Gasteiger partial charge in [-0.25, -0.2) is 0 Å². The van der Waals surface area contributed by atoms with Gasteiger partial charge in [0.15, 0.2) is 0 Å². The fourth-order valence-corrected chi connectivity index (χ4v) is 4.99. The first-order valence-electron chi connectivity index (χ1n) is 13.6. The molecule has 0 aliphatic heterocycles. The van der Waals surface area contributed by atoms with Crippen LogP contribution in [0.2, 0.25) is 0 Å². The Morgan fingerprint density at radius 3 is 0.829 bits per heavy atom. The van der Waals surface area contributed by atoms with Crippen molar-refractivity contribution in [1.29, 1.82) is 0 Å². The third kappa shape index (κ3) is 6.42. The Labute approximate surface area is 219 Å². The van der Waals surface area contributed by atoms with Crippen LogP contribution in [0.25, 0.3) is 0 Å². The lowest BCUT2D eigenvalue weighted by Gasteiger charge is -2.39. The summed E-state index contributed by atoms with van der Waals surface area (Å²) in [6.45, 7) is 40.2. The van der Waals surface area contributed by atoms with E-state index >= 15 is 0 Å². The molecule has 0 amide bonds. The van der Waals surface area contributed by atoms with Gasteiger partial charge in [0.25, 0.3) is 0 Å². The molecule has 0 aliphatic carbocycles. The molecule has 2 aromatic carbocycles. The first-order chi connectivity index (χ1) is 15.3. The molecular weight excluding hydrogens is 420 g/mol. The van der Waals surface area contributed by atoms with E-state index in [-0.39, 0.29) is 32.5 Å². The average molecular weight is 477 g/mol. The maximum atomic E-state index is 2.57. The first-order valence-corrected chi connectivity index (χ1v) is 13.6. The fourth-order valence-electron chi connectivity index (χ4n) is 4.99. The fraction of sp³-hybridized carbons (Fsp3) is 0.657. The first kappa shape index (κ1) is 29.7. The van der Waals surface area contributed by atoms with Crippen molar-refractivity contribution < 1.29 is 0 Å². The van der Waals surface area contributed by atoms with Crippen LogP contribution in [-0.2, 0) is 32.5 Å². The molecule has 0 saturated heterocycles. The lowest BCUT2D eigenvalue weighted by atomic mass is 9.65. The molecule has 0 saturated carbocycles. The molecule has 0 heterocycles. The lowest BCUT2D eigenvalue weighted by molar-refractivity contribution is 0.507. The average Bonchev–Trinajstić information content (AvgIpc) is 2.63. The third-order valence-corrected chi connectivity index (χ3v) is 7.64. The van der Waals surface area contributed by atoms with Gasteiger partial charge >= 0.3 is 0 Å². The molecule has 0 bridgehead atoms. The third-order valence-electron chi connectivity index (χ3n) is 7.64. The summed E-state index contributed by atoms with van der Waals surface area (Å²) in [6, 6.07) is 12.5. The van der Waals surface area contributed by atoms with E-state index in [0.29, 0.717) is 0 Å². The molecule has 2 aromatic rings. The predicted octanol–water partition coefficient (Wildman–Crippen LogP) is 10.5. The highest BCUT2D eigenvalue weighted by atomic mass is 14.4. The largest absolute Gasteiger partial charge is 0.0561 e. The van der Waals surface area contributed by atoms with Crippen LogP contribution in [0.5, 0.6) is 0 Å². The SMILES string of the molecule is CC(C)(C)c1cc(C(C)(C)C)cc(C(C)(C)c2cc(C(C)(C)C)c(C(C)(C)C)cc2C(C)(C)C)c1. The van der Waals surface area contributed by atoms with Crippen molar-refractivity contribution in [2.75, 3.05) is 0 Å². The normalized spacial score (nSPS) is 14.4. The lowest BCUT2D eigenvalue weighted by Crippen LogP contribution is -2.31. The van der Waals surface area contributed by atoms with Crippen molar-refractivity contribution in [3.63, 3.8) is 0 Å². The maximum absolute atomic E-state index is 2.57. The van der Waals surface area contributed by atoms with E-state index in [1.54, 1.807) is 0 Å². The molecule has 0 aliphatic rings. The van der Waals surface area contributed by atoms with Crippen molar-refractivity contribution in [3.8, 4) is 0 Å². The second-order valence-electron chi connectivity index (χ2n) is 16.6. The minimum absolute atomic E-state index is 0.0531. The van der Waals surface area contributed by atoms with Crippen molar-refractivity contribution >= 4 is 0 Å². The quantitative estimate of drug-likeness (QED) is 0.404. The molecule has 0 aromatic heterocycles. The predicted molar refractivity (Wildman–Crippen MR) is 159 cm³/mol. The van der Waals surface area contributed by atoms with Crippen molar-refractivity contribution in [3.05, 3.63) is 69.3 Å². The van der Waals surface area contributed by atoms with Crippen LogP contribution in [0, 0.1) is 0 Å². The number of rotatable bonds is 2. The van der Waals surface area contributed by atoms with Gasteiger partial charge in [0.05, 0.1) is 0 Å². The van der Waals surface area contributed by atoms with Crippen LogP contribution in [0.4, 0.5) is 0 Å². The van der Waals surface area contributed by atoms with Crippen LogP contribution in [0.1, 0.15) is 157 Å². The molecule has 0 radical (unpaired) electrons. The zero-order valence-electron chi connectivity index (χ0n) is 26.4. The smallest absolute Gasteiger partial charge is 0.0149 e. The summed E-state index contributed by atoms with van der Waals surface area (Å²) >= 11 is 0. The van der Waals surface area contributed by atoms with E-state index in [2.05, 4.69) is 148 Å². The number of hydrogen-bond donors (Lipinski definition) is 0. The monoisotopic (exact) mass is 476 g/mol. The van der Waals surface area contributed by atoms with Gasteiger partial charge in [-0.1, -0.05) is 148 Å². The van der Waals surface area contributed by atoms with Crippen LogP contribution in [-0.4, -0.2) is 0 Å². The Balaban J connectivity index is 3.04. The summed E-state index contributed by atoms with van der Waals surface area (Å²) in [5.74, 6) is 0. The summed E-state index contributed by atoms with van der Waals surface area (Å²) in [5.41, 5.74) is 10.5. The van der Waals surface area contributed by atoms with Gasteiger partial charge in [0.1, 0.15) is 0 Å². The summed E-state index contributed by atoms with van der Waals surface area (Å²) in [4.78, 5) is 0. The molecular formula is C35H56. The van der Waals surface area contributed by atoms with E-state index in [9.17, 15) is 0 Å². The molecule has 0 spiro atoms. The Morgan fingerprint density at radius 1 is 0.286 bits per heavy atom. The molecule has 0 N–H and O–H groups in total. The summed E-state index contributed by atoms with van der Waals surface area (Å²) in [7, 11) is 0. The van der Waals surface area contributed by atoms with Gasteiger partial charge in [-0.05, 0) is 66.0 Å². The Bertz CT molecular complexity index is 1020. The molecule has 35 heavy (non-hydrogen) atoms. The van der Waals surface area contributed by atoms with Crippen LogP contribution in [0.3, 0.4) is 0 Å². The van der Waals surface area contributed by atoms with E-state index in [1.807, 2.05) is 0 Å². The zero-order valence-corrected chi connectivity index (χ0v) is 26.4. The molecule has 196 valence electrons. The number of hydrogen-bond acceptors (Lipinski definition) is 0. The molecule has 0 atom stereocenters. The number of benzene rings is 2. The van der Waals surface area contributed by atoms with Crippen molar-refractivity contribution in [2.45, 2.75) is 150 Å². The molecule has 2 rings (SSSR count). The van der Waals surface area contributed by atoms with Gasteiger partial charge in [-0.3, -0.25) is 0 Å². The Kier molecular flexibility index (Phi) is 7.44. The highest BCUT2D eigenvalue weighted by Crippen LogP contribution is 2.45. The molecule has 0 unspecified atom stereocenters. The highest BCUT2D eigenvalue weighted by Gasteiger charge is 2.36. The van der Waals surface area contributed by atoms with Gasteiger partial charge in [0, 0.05) is 5.41 Å². The van der Waals surface area contributed by atoms with Crippen molar-refractivity contribution in [1.82, 2.24) is 0 Å². The Morgan fingerprint density at radius 2 is 0.543 bits per heavy atom. The van der Waals surface area contributed by atoms with E-state index in [1.165, 1.54) is 38.9 Å². The molecule has 0 heteroatoms. The van der Waals surface area contributed by atoms with E-state index in [4.69, 9.17) is 0 Å². The van der Waals surface area contributed by atoms with Crippen LogP contribution in [0.15, 0.2) is 30.3 Å². The molecule has 0 fully saturated rings. The maximum Gasteiger partial charge on any atom is 0.0149 e. The topological polar surface area (TPSA) is 0 Å². The highest BCUT2D eigenvalue weighted by molar-refractivity contribution is 5.54. The van der Waals surface area contributed by atoms with Crippen molar-refractivity contribution in [2.24, 2.45) is 0 Å². The van der Waals surface area contributed by atoms with Crippen LogP contribution >= 0.6 is 0 Å². The summed E-state index contributed by atoms with van der Waals surface area (Å²) in [6.07, 6.45) is 0. The summed E-state index contributed by atoms with van der Waals surface area (Å²) < 4.78 is 0. The Hall–Kier alpha value is -1.56. The van der Waals surface area contributed by atoms with Crippen LogP contribution < -0.4 is 0 Å². The van der Waals surface area contributed by atoms with E-state index in [0.717, 1.165) is 0 Å². The van der Waals surface area contributed by atoms with Gasteiger partial charge in [0.2, 0.25) is 0 Å². The molecule has 0 nitrogen and oxygen atoms in total. The second-order valence-corrected chi connectivity index (χ2v) is 16.6. The minimum atomic E-state index is -0.125. The standard InChI is InChI=1S/C35H56/c1-30(2,3)23-18-24(31(4,5)6)20-25(19-23)35(16,17)29-22-27(33(10,11)12)26(32(7,8)9)21-28(29)34(13,14)15/h18-22H,1-17H3. The van der Waals surface area contributed by atoms with Gasteiger partial charge in [-0.2, -0.15) is 0 Å². The summed E-state index contributed by atoms with van der Waals surface area (Å²) in [5, 5.41) is 0. The second kappa shape index (κ2) is 8.78.